The summed E-state index contributed by atoms with van der Waals surface area (Å²) < 4.78 is 37.8. The highest BCUT2D eigenvalue weighted by Crippen LogP contribution is 2.26. The van der Waals surface area contributed by atoms with Crippen molar-refractivity contribution >= 4 is 22.4 Å². The van der Waals surface area contributed by atoms with Gasteiger partial charge in [0.25, 0.3) is 0 Å². The van der Waals surface area contributed by atoms with Crippen molar-refractivity contribution in [1.82, 2.24) is 9.62 Å². The number of nitrogens with zero attached hydrogens (tertiary/aromatic N) is 1. The van der Waals surface area contributed by atoms with E-state index in [-0.39, 0.29) is 23.3 Å². The number of hydrogen-bond acceptors (Lipinski definition) is 5. The van der Waals surface area contributed by atoms with Gasteiger partial charge in [0.1, 0.15) is 17.2 Å². The summed E-state index contributed by atoms with van der Waals surface area (Å²) in [6, 6.07) is 13.9. The van der Waals surface area contributed by atoms with Crippen molar-refractivity contribution in [2.75, 3.05) is 26.7 Å². The third-order valence-corrected chi connectivity index (χ3v) is 5.97. The Morgan fingerprint density at radius 2 is 1.54 bits per heavy atom. The van der Waals surface area contributed by atoms with Gasteiger partial charge in [0.2, 0.25) is 10.0 Å². The Bertz CT molecular complexity index is 810. The van der Waals surface area contributed by atoms with Crippen LogP contribution >= 0.6 is 12.4 Å². The Labute approximate surface area is 160 Å². The molecule has 1 N–H and O–H groups in total. The van der Waals surface area contributed by atoms with Crippen molar-refractivity contribution in [1.29, 1.82) is 0 Å². The molecule has 1 aliphatic heterocycles. The molecular weight excluding hydrogens is 376 g/mol. The number of ether oxygens (including phenoxy) is 2. The van der Waals surface area contributed by atoms with Crippen molar-refractivity contribution < 1.29 is 17.9 Å². The second kappa shape index (κ2) is 8.73. The first kappa shape index (κ1) is 20.5. The summed E-state index contributed by atoms with van der Waals surface area (Å²) in [5.74, 6) is 1.99. The van der Waals surface area contributed by atoms with Crippen molar-refractivity contribution in [3.63, 3.8) is 0 Å². The summed E-state index contributed by atoms with van der Waals surface area (Å²) in [6.07, 6.45) is 0. The van der Waals surface area contributed by atoms with Crippen LogP contribution in [0.1, 0.15) is 6.92 Å². The Morgan fingerprint density at radius 3 is 2.08 bits per heavy atom. The van der Waals surface area contributed by atoms with Gasteiger partial charge in [0.05, 0.1) is 12.0 Å². The molecule has 3 rings (SSSR count). The van der Waals surface area contributed by atoms with Crippen molar-refractivity contribution in [3.05, 3.63) is 48.5 Å². The zero-order valence-corrected chi connectivity index (χ0v) is 16.3. The highest BCUT2D eigenvalue weighted by Gasteiger charge is 2.28. The highest BCUT2D eigenvalue weighted by atomic mass is 35.5. The van der Waals surface area contributed by atoms with Crippen LogP contribution in [-0.2, 0) is 10.0 Å². The van der Waals surface area contributed by atoms with Crippen LogP contribution in [0.2, 0.25) is 0 Å². The smallest absolute Gasteiger partial charge is 0.243 e. The first-order valence-electron chi connectivity index (χ1n) is 8.14. The lowest BCUT2D eigenvalue weighted by molar-refractivity contribution is 0.310. The molecule has 142 valence electrons. The molecule has 0 radical (unpaired) electrons. The number of sulfonamides is 1. The van der Waals surface area contributed by atoms with E-state index in [2.05, 4.69) is 5.32 Å². The van der Waals surface area contributed by atoms with Crippen LogP contribution < -0.4 is 14.8 Å². The molecule has 1 saturated heterocycles. The molecule has 8 heteroatoms. The Hall–Kier alpha value is -1.80. The van der Waals surface area contributed by atoms with Gasteiger partial charge in [-0.2, -0.15) is 4.31 Å². The minimum Gasteiger partial charge on any atom is -0.497 e. The summed E-state index contributed by atoms with van der Waals surface area (Å²) in [7, 11) is -1.87. The number of nitrogens with one attached hydrogen (secondary N) is 1. The molecule has 0 aliphatic carbocycles. The third kappa shape index (κ3) is 4.67. The van der Waals surface area contributed by atoms with E-state index in [1.165, 1.54) is 4.31 Å². The van der Waals surface area contributed by atoms with Crippen LogP contribution in [0.5, 0.6) is 17.2 Å². The maximum atomic E-state index is 12.7. The number of halogens is 1. The standard InChI is InChI=1S/C18H22N2O4S.ClH/c1-14-13-20(12-11-19-14)25(21,22)18-9-7-17(8-10-18)24-16-5-3-15(23-2)4-6-16;/h3-10,14,19H,11-13H2,1-2H3;1H. The minimum absolute atomic E-state index is 0. The monoisotopic (exact) mass is 398 g/mol. The van der Waals surface area contributed by atoms with Crippen LogP contribution in [0.3, 0.4) is 0 Å². The van der Waals surface area contributed by atoms with E-state index in [1.54, 1.807) is 55.6 Å². The Morgan fingerprint density at radius 1 is 1.00 bits per heavy atom. The molecule has 1 unspecified atom stereocenters. The minimum atomic E-state index is -3.47. The largest absolute Gasteiger partial charge is 0.497 e. The van der Waals surface area contributed by atoms with Crippen molar-refractivity contribution in [2.24, 2.45) is 0 Å². The van der Waals surface area contributed by atoms with Gasteiger partial charge in [0.15, 0.2) is 0 Å². The van der Waals surface area contributed by atoms with Gasteiger partial charge in [-0.15, -0.1) is 12.4 Å². The van der Waals surface area contributed by atoms with Gasteiger partial charge >= 0.3 is 0 Å². The van der Waals surface area contributed by atoms with E-state index >= 15 is 0 Å². The summed E-state index contributed by atoms with van der Waals surface area (Å²) in [5.41, 5.74) is 0. The van der Waals surface area contributed by atoms with Gasteiger partial charge < -0.3 is 14.8 Å². The zero-order chi connectivity index (χ0) is 17.9. The van der Waals surface area contributed by atoms with Crippen molar-refractivity contribution in [2.45, 2.75) is 17.9 Å². The molecule has 1 heterocycles. The second-order valence-electron chi connectivity index (χ2n) is 5.97. The predicted molar refractivity (Wildman–Crippen MR) is 103 cm³/mol. The topological polar surface area (TPSA) is 67.9 Å². The predicted octanol–water partition coefficient (Wildman–Crippen LogP) is 2.89. The number of rotatable bonds is 5. The first-order valence-corrected chi connectivity index (χ1v) is 9.58. The summed E-state index contributed by atoms with van der Waals surface area (Å²) >= 11 is 0. The summed E-state index contributed by atoms with van der Waals surface area (Å²) in [4.78, 5) is 0.281. The lowest BCUT2D eigenvalue weighted by Crippen LogP contribution is -2.51. The number of benzene rings is 2. The molecule has 0 spiro atoms. The normalized spacial score (nSPS) is 18.0. The first-order chi connectivity index (χ1) is 12.0. The Balaban J connectivity index is 0.00000243. The van der Waals surface area contributed by atoms with E-state index in [0.717, 1.165) is 5.75 Å². The number of hydrogen-bond donors (Lipinski definition) is 1. The van der Waals surface area contributed by atoms with Gasteiger partial charge in [-0.25, -0.2) is 8.42 Å². The highest BCUT2D eigenvalue weighted by molar-refractivity contribution is 7.89. The van der Waals surface area contributed by atoms with E-state index in [1.807, 2.05) is 6.92 Å². The van der Waals surface area contributed by atoms with Crippen LogP contribution in [0.4, 0.5) is 0 Å². The molecule has 26 heavy (non-hydrogen) atoms. The average Bonchev–Trinajstić information content (AvgIpc) is 2.63. The SMILES string of the molecule is COc1ccc(Oc2ccc(S(=O)(=O)N3CCNC(C)C3)cc2)cc1.Cl. The van der Waals surface area contributed by atoms with E-state index < -0.39 is 10.0 Å². The average molecular weight is 399 g/mol. The van der Waals surface area contributed by atoms with E-state index in [0.29, 0.717) is 31.1 Å². The molecule has 1 atom stereocenters. The third-order valence-electron chi connectivity index (χ3n) is 4.09. The molecule has 6 nitrogen and oxygen atoms in total. The van der Waals surface area contributed by atoms with Gasteiger partial charge in [-0.1, -0.05) is 0 Å². The van der Waals surface area contributed by atoms with Gasteiger partial charge in [0, 0.05) is 25.7 Å². The molecule has 2 aromatic rings. The van der Waals surface area contributed by atoms with Gasteiger partial charge in [-0.05, 0) is 55.5 Å². The molecule has 0 amide bonds. The summed E-state index contributed by atoms with van der Waals surface area (Å²) in [6.45, 7) is 3.61. The quantitative estimate of drug-likeness (QED) is 0.838. The van der Waals surface area contributed by atoms with E-state index in [9.17, 15) is 8.42 Å². The molecule has 1 fully saturated rings. The van der Waals surface area contributed by atoms with Crippen molar-refractivity contribution in [3.8, 4) is 17.2 Å². The Kier molecular flexibility index (Phi) is 6.88. The molecule has 0 saturated carbocycles. The number of methoxy groups -OCH3 is 1. The fourth-order valence-corrected chi connectivity index (χ4v) is 4.25. The van der Waals surface area contributed by atoms with Crippen LogP contribution in [-0.4, -0.2) is 45.5 Å². The fraction of sp³-hybridized carbons (Fsp3) is 0.333. The molecule has 0 aromatic heterocycles. The lowest BCUT2D eigenvalue weighted by atomic mass is 10.3. The molecular formula is C18H23ClN2O4S. The molecule has 0 bridgehead atoms. The zero-order valence-electron chi connectivity index (χ0n) is 14.7. The second-order valence-corrected chi connectivity index (χ2v) is 7.91. The van der Waals surface area contributed by atoms with Crippen LogP contribution in [0, 0.1) is 0 Å². The lowest BCUT2D eigenvalue weighted by Gasteiger charge is -2.31. The fourth-order valence-electron chi connectivity index (χ4n) is 2.72. The van der Waals surface area contributed by atoms with Crippen LogP contribution in [0.15, 0.2) is 53.4 Å². The van der Waals surface area contributed by atoms with Gasteiger partial charge in [-0.3, -0.25) is 0 Å². The van der Waals surface area contributed by atoms with E-state index in [4.69, 9.17) is 9.47 Å². The maximum Gasteiger partial charge on any atom is 0.243 e. The molecule has 1 aliphatic rings. The number of piperazine rings is 1. The molecule has 2 aromatic carbocycles. The maximum absolute atomic E-state index is 12.7. The van der Waals surface area contributed by atoms with Crippen LogP contribution in [0.25, 0.3) is 0 Å². The summed E-state index contributed by atoms with van der Waals surface area (Å²) in [5, 5.41) is 3.25.